The number of amides is 2. The maximum absolute atomic E-state index is 13.9. The van der Waals surface area contributed by atoms with E-state index in [-0.39, 0.29) is 47.1 Å². The molecule has 4 aromatic rings. The minimum absolute atomic E-state index is 0.0114. The Labute approximate surface area is 272 Å². The second-order valence-electron chi connectivity index (χ2n) is 11.3. The maximum Gasteiger partial charge on any atom is 0.246 e. The highest BCUT2D eigenvalue weighted by molar-refractivity contribution is 5.86. The summed E-state index contributed by atoms with van der Waals surface area (Å²) in [6.45, 7) is 5.33. The summed E-state index contributed by atoms with van der Waals surface area (Å²) in [5, 5.41) is 12.9. The van der Waals surface area contributed by atoms with Gasteiger partial charge in [0.15, 0.2) is 17.3 Å². The number of nitrogens with one attached hydrogen (secondary N) is 3. The molecule has 5 rings (SSSR count). The van der Waals surface area contributed by atoms with Crippen molar-refractivity contribution in [3.05, 3.63) is 69.9 Å². The molecule has 0 bridgehead atoms. The van der Waals surface area contributed by atoms with Crippen molar-refractivity contribution in [1.29, 1.82) is 0 Å². The van der Waals surface area contributed by atoms with Gasteiger partial charge in [0.2, 0.25) is 34.7 Å². The molecule has 3 N–H and O–H groups in total. The average Bonchev–Trinajstić information content (AvgIpc) is 3.72. The lowest BCUT2D eigenvalue weighted by molar-refractivity contribution is -0.123. The van der Waals surface area contributed by atoms with Crippen molar-refractivity contribution in [2.75, 3.05) is 26.6 Å². The summed E-state index contributed by atoms with van der Waals surface area (Å²) >= 11 is 0. The van der Waals surface area contributed by atoms with Gasteiger partial charge in [-0.15, -0.1) is 0 Å². The van der Waals surface area contributed by atoms with E-state index in [1.165, 1.54) is 26.4 Å². The van der Waals surface area contributed by atoms with Crippen LogP contribution < -0.4 is 35.6 Å². The van der Waals surface area contributed by atoms with Gasteiger partial charge >= 0.3 is 0 Å². The zero-order valence-electron chi connectivity index (χ0n) is 27.3. The predicted octanol–water partition coefficient (Wildman–Crippen LogP) is 4.65. The Morgan fingerprint density at radius 3 is 2.53 bits per heavy atom. The van der Waals surface area contributed by atoms with Crippen molar-refractivity contribution in [2.45, 2.75) is 58.7 Å². The number of ether oxygens (including phenoxy) is 3. The number of furan rings is 1. The summed E-state index contributed by atoms with van der Waals surface area (Å²) in [4.78, 5) is 43.9. The van der Waals surface area contributed by atoms with Crippen molar-refractivity contribution >= 4 is 17.5 Å². The number of hydrogen-bond acceptors (Lipinski definition) is 11. The molecule has 0 saturated heterocycles. The van der Waals surface area contributed by atoms with Crippen LogP contribution in [0.15, 0.2) is 56.4 Å². The lowest BCUT2D eigenvalue weighted by Gasteiger charge is -2.23. The lowest BCUT2D eigenvalue weighted by atomic mass is 9.95. The second-order valence-corrected chi connectivity index (χ2v) is 11.3. The van der Waals surface area contributed by atoms with Crippen LogP contribution in [0.5, 0.6) is 17.2 Å². The number of rotatable bonds is 12. The van der Waals surface area contributed by atoms with Crippen LogP contribution >= 0.6 is 0 Å². The molecule has 0 unspecified atom stereocenters. The number of aromatic nitrogens is 2. The normalized spacial score (nSPS) is 14.9. The summed E-state index contributed by atoms with van der Waals surface area (Å²) in [6.07, 6.45) is 3.27. The molecule has 2 amide bonds. The third-order valence-corrected chi connectivity index (χ3v) is 8.35. The van der Waals surface area contributed by atoms with Crippen LogP contribution in [0.3, 0.4) is 0 Å². The van der Waals surface area contributed by atoms with Gasteiger partial charge < -0.3 is 39.1 Å². The van der Waals surface area contributed by atoms with Crippen molar-refractivity contribution < 1.29 is 32.7 Å². The first-order chi connectivity index (χ1) is 22.7. The average molecular weight is 646 g/mol. The summed E-state index contributed by atoms with van der Waals surface area (Å²) < 4.78 is 27.7. The highest BCUT2D eigenvalue weighted by atomic mass is 16.5. The van der Waals surface area contributed by atoms with Gasteiger partial charge in [-0.3, -0.25) is 14.4 Å². The zero-order valence-corrected chi connectivity index (χ0v) is 27.3. The van der Waals surface area contributed by atoms with Gasteiger partial charge in [-0.25, -0.2) is 0 Å². The quantitative estimate of drug-likeness (QED) is 0.196. The fraction of sp³-hybridized carbons (Fsp3) is 0.382. The maximum atomic E-state index is 13.9. The van der Waals surface area contributed by atoms with Gasteiger partial charge in [0, 0.05) is 12.5 Å². The number of carbonyl (C=O) groups excluding carboxylic acids is 2. The van der Waals surface area contributed by atoms with E-state index in [0.29, 0.717) is 53.4 Å². The molecule has 1 aliphatic carbocycles. The minimum atomic E-state index is -0.764. The van der Waals surface area contributed by atoms with E-state index >= 15 is 0 Å². The molecule has 2 aromatic carbocycles. The van der Waals surface area contributed by atoms with Crippen LogP contribution in [0, 0.1) is 5.92 Å². The molecule has 0 radical (unpaired) electrons. The Bertz CT molecular complexity index is 1800. The van der Waals surface area contributed by atoms with Crippen LogP contribution in [0.2, 0.25) is 0 Å². The fourth-order valence-electron chi connectivity index (χ4n) is 5.80. The van der Waals surface area contributed by atoms with Crippen molar-refractivity contribution in [3.8, 4) is 40.0 Å². The summed E-state index contributed by atoms with van der Waals surface area (Å²) in [5.41, 5.74) is 2.84. The standard InChI is InChI=1S/C34H39N5O8/c1-7-18(2)30(34(42)35-17-28-38-33(39-47-28)26-9-8-14-46-26)37-24-13-11-21-22(16-25(24)41)23(36-19(3)40)12-10-20-15-27(43-4)31(44-5)32(45-6)29(20)21/h8-9,11,13-16,18,23,30H,7,10,12,17H2,1-6H3,(H,35,42)(H,36,40)(H,37,41)/t18-,23+,30+/m0/s1. The fourth-order valence-corrected chi connectivity index (χ4v) is 5.80. The largest absolute Gasteiger partial charge is 0.493 e. The molecule has 3 atom stereocenters. The molecule has 13 nitrogen and oxygen atoms in total. The van der Waals surface area contributed by atoms with Crippen LogP contribution in [0.1, 0.15) is 56.7 Å². The number of methoxy groups -OCH3 is 3. The molecule has 0 aliphatic heterocycles. The Morgan fingerprint density at radius 2 is 1.87 bits per heavy atom. The van der Waals surface area contributed by atoms with Gasteiger partial charge in [0.25, 0.3) is 0 Å². The predicted molar refractivity (Wildman–Crippen MR) is 173 cm³/mol. The molecule has 2 heterocycles. The molecular formula is C34H39N5O8. The third kappa shape index (κ3) is 6.93. The first-order valence-electron chi connectivity index (χ1n) is 15.4. The Balaban J connectivity index is 1.51. The summed E-state index contributed by atoms with van der Waals surface area (Å²) in [5.74, 6) is 1.58. The van der Waals surface area contributed by atoms with Gasteiger partial charge in [0.05, 0.1) is 45.9 Å². The third-order valence-electron chi connectivity index (χ3n) is 8.35. The molecule has 0 saturated carbocycles. The van der Waals surface area contributed by atoms with Gasteiger partial charge in [0.1, 0.15) is 6.04 Å². The van der Waals surface area contributed by atoms with Gasteiger partial charge in [-0.2, -0.15) is 4.98 Å². The van der Waals surface area contributed by atoms with E-state index < -0.39 is 12.1 Å². The highest BCUT2D eigenvalue weighted by Gasteiger charge is 2.30. The number of anilines is 1. The number of benzene rings is 1. The van der Waals surface area contributed by atoms with E-state index in [0.717, 1.165) is 11.1 Å². The van der Waals surface area contributed by atoms with Gasteiger partial charge in [-0.1, -0.05) is 31.5 Å². The molecule has 0 spiro atoms. The molecule has 2 aromatic heterocycles. The second kappa shape index (κ2) is 14.4. The Hall–Kier alpha value is -5.33. The topological polar surface area (TPSA) is 167 Å². The van der Waals surface area contributed by atoms with Crippen LogP contribution in [-0.2, 0) is 22.6 Å². The van der Waals surface area contributed by atoms with Crippen molar-refractivity contribution in [2.24, 2.45) is 5.92 Å². The number of hydrogen-bond donors (Lipinski definition) is 3. The first-order valence-corrected chi connectivity index (χ1v) is 15.4. The zero-order chi connectivity index (χ0) is 33.7. The highest BCUT2D eigenvalue weighted by Crippen LogP contribution is 2.50. The van der Waals surface area contributed by atoms with E-state index in [4.69, 9.17) is 23.2 Å². The molecular weight excluding hydrogens is 606 g/mol. The SMILES string of the molecule is CC[C@H](C)[C@@H](Nc1ccc2c(cc1=O)[C@H](NC(C)=O)CCc1cc(OC)c(OC)c(OC)c1-2)C(=O)NCc1nc(-c2ccco2)no1. The van der Waals surface area contributed by atoms with E-state index in [9.17, 15) is 14.4 Å². The summed E-state index contributed by atoms with van der Waals surface area (Å²) in [6, 6.07) is 9.08. The number of nitrogens with zero attached hydrogens (tertiary/aromatic N) is 2. The van der Waals surface area contributed by atoms with Gasteiger partial charge in [-0.05, 0) is 65.8 Å². The minimum Gasteiger partial charge on any atom is -0.493 e. The van der Waals surface area contributed by atoms with E-state index in [1.54, 1.807) is 32.4 Å². The van der Waals surface area contributed by atoms with Crippen molar-refractivity contribution in [3.63, 3.8) is 0 Å². The van der Waals surface area contributed by atoms with E-state index in [1.807, 2.05) is 26.0 Å². The molecule has 1 aliphatic rings. The Kier molecular flexibility index (Phi) is 10.1. The van der Waals surface area contributed by atoms with Crippen molar-refractivity contribution in [1.82, 2.24) is 20.8 Å². The molecule has 13 heteroatoms. The first kappa shape index (κ1) is 33.0. The van der Waals surface area contributed by atoms with Crippen LogP contribution in [0.4, 0.5) is 5.69 Å². The lowest BCUT2D eigenvalue weighted by Crippen LogP contribution is -2.44. The smallest absolute Gasteiger partial charge is 0.246 e. The Morgan fingerprint density at radius 1 is 1.09 bits per heavy atom. The van der Waals surface area contributed by atoms with Crippen LogP contribution in [-0.4, -0.2) is 49.3 Å². The monoisotopic (exact) mass is 645 g/mol. The summed E-state index contributed by atoms with van der Waals surface area (Å²) in [7, 11) is 4.63. The number of aryl methyl sites for hydroxylation is 1. The molecule has 47 heavy (non-hydrogen) atoms. The van der Waals surface area contributed by atoms with E-state index in [2.05, 4.69) is 26.1 Å². The number of carbonyl (C=O) groups is 2. The van der Waals surface area contributed by atoms with Crippen LogP contribution in [0.25, 0.3) is 22.7 Å². The molecule has 248 valence electrons. The molecule has 0 fully saturated rings. The number of fused-ring (bicyclic) bond motifs is 3.